The Morgan fingerprint density at radius 2 is 2.18 bits per heavy atom. The molecule has 0 radical (unpaired) electrons. The first-order valence-corrected chi connectivity index (χ1v) is 7.79. The number of carboxylic acid groups (broad SMARTS) is 1. The molecule has 7 heteroatoms. The molecule has 0 saturated carbocycles. The number of carbonyl (C=O) groups excluding carboxylic acids is 1. The lowest BCUT2D eigenvalue weighted by Crippen LogP contribution is -2.42. The Morgan fingerprint density at radius 1 is 1.41 bits per heavy atom. The van der Waals surface area contributed by atoms with Gasteiger partial charge in [-0.1, -0.05) is 26.2 Å². The summed E-state index contributed by atoms with van der Waals surface area (Å²) in [5, 5.41) is 11.6. The van der Waals surface area contributed by atoms with Crippen molar-refractivity contribution in [1.29, 1.82) is 0 Å². The number of nitrogens with zero attached hydrogens (tertiary/aromatic N) is 2. The quantitative estimate of drug-likeness (QED) is 0.526. The van der Waals surface area contributed by atoms with E-state index in [1.54, 1.807) is 6.33 Å². The van der Waals surface area contributed by atoms with Crippen LogP contribution in [0.3, 0.4) is 0 Å². The fourth-order valence-electron chi connectivity index (χ4n) is 2.16. The Kier molecular flexibility index (Phi) is 8.21. The number of nitrogens with one attached hydrogen (secondary N) is 1. The third-order valence-corrected chi connectivity index (χ3v) is 3.37. The number of unbranched alkanes of at least 4 members (excludes halogenated alkanes) is 3. The largest absolute Gasteiger partial charge is 0.480 e. The number of imidazole rings is 1. The van der Waals surface area contributed by atoms with E-state index in [0.717, 1.165) is 13.0 Å². The molecule has 4 N–H and O–H groups in total. The summed E-state index contributed by atoms with van der Waals surface area (Å²) in [6.07, 6.45) is 8.52. The highest BCUT2D eigenvalue weighted by atomic mass is 16.4. The molecule has 0 saturated heterocycles. The molecule has 22 heavy (non-hydrogen) atoms. The fourth-order valence-corrected chi connectivity index (χ4v) is 2.16. The molecule has 0 spiro atoms. The fraction of sp³-hybridized carbons (Fsp3) is 0.667. The van der Waals surface area contributed by atoms with Gasteiger partial charge in [0.2, 0.25) is 5.91 Å². The van der Waals surface area contributed by atoms with Crippen LogP contribution < -0.4 is 11.1 Å². The van der Waals surface area contributed by atoms with Gasteiger partial charge in [-0.2, -0.15) is 0 Å². The molecule has 0 aliphatic rings. The standard InChI is InChI=1S/C15H26N4O3/c1-2-3-4-5-8-19-10-12(17-11-19)9-13(15(21)22)18-14(20)6-7-16/h10-11,13H,2-9,16H2,1H3,(H,18,20)(H,21,22). The second-order valence-electron chi connectivity index (χ2n) is 5.36. The number of carboxylic acids is 1. The minimum atomic E-state index is -1.07. The third-order valence-electron chi connectivity index (χ3n) is 3.37. The number of nitrogens with two attached hydrogens (primary N) is 1. The van der Waals surface area contributed by atoms with Crippen LogP contribution in [0.5, 0.6) is 0 Å². The summed E-state index contributed by atoms with van der Waals surface area (Å²) in [6, 6.07) is -0.970. The summed E-state index contributed by atoms with van der Waals surface area (Å²) < 4.78 is 1.96. The summed E-state index contributed by atoms with van der Waals surface area (Å²) in [5.41, 5.74) is 5.94. The second-order valence-corrected chi connectivity index (χ2v) is 5.36. The van der Waals surface area contributed by atoms with Gasteiger partial charge in [0.05, 0.1) is 12.0 Å². The summed E-state index contributed by atoms with van der Waals surface area (Å²) in [5.74, 6) is -1.42. The Hall–Kier alpha value is -1.89. The van der Waals surface area contributed by atoms with E-state index in [-0.39, 0.29) is 25.3 Å². The molecule has 1 aromatic heterocycles. The molecule has 1 amide bonds. The average molecular weight is 310 g/mol. The highest BCUT2D eigenvalue weighted by Crippen LogP contribution is 2.05. The number of rotatable bonds is 11. The van der Waals surface area contributed by atoms with Gasteiger partial charge in [-0.05, 0) is 6.42 Å². The lowest BCUT2D eigenvalue weighted by Gasteiger charge is -2.12. The van der Waals surface area contributed by atoms with Crippen molar-refractivity contribution in [3.63, 3.8) is 0 Å². The topological polar surface area (TPSA) is 110 Å². The molecular formula is C15H26N4O3. The van der Waals surface area contributed by atoms with E-state index in [0.29, 0.717) is 5.69 Å². The average Bonchev–Trinajstić information content (AvgIpc) is 2.91. The molecule has 0 fully saturated rings. The van der Waals surface area contributed by atoms with Gasteiger partial charge >= 0.3 is 5.97 Å². The van der Waals surface area contributed by atoms with Crippen LogP contribution in [0, 0.1) is 0 Å². The highest BCUT2D eigenvalue weighted by Gasteiger charge is 2.21. The van der Waals surface area contributed by atoms with Crippen LogP contribution in [0.1, 0.15) is 44.7 Å². The lowest BCUT2D eigenvalue weighted by atomic mass is 10.1. The van der Waals surface area contributed by atoms with E-state index in [9.17, 15) is 14.7 Å². The summed E-state index contributed by atoms with van der Waals surface area (Å²) in [6.45, 7) is 3.25. The van der Waals surface area contributed by atoms with Gasteiger partial charge in [-0.15, -0.1) is 0 Å². The van der Waals surface area contributed by atoms with Gasteiger partial charge in [0.25, 0.3) is 0 Å². The van der Waals surface area contributed by atoms with Crippen LogP contribution >= 0.6 is 0 Å². The van der Waals surface area contributed by atoms with Crippen molar-refractivity contribution in [1.82, 2.24) is 14.9 Å². The van der Waals surface area contributed by atoms with Crippen LogP contribution in [0.25, 0.3) is 0 Å². The van der Waals surface area contributed by atoms with Crippen molar-refractivity contribution in [2.24, 2.45) is 5.73 Å². The maximum Gasteiger partial charge on any atom is 0.326 e. The third kappa shape index (κ3) is 6.71. The molecule has 0 bridgehead atoms. The molecule has 1 unspecified atom stereocenters. The first-order valence-electron chi connectivity index (χ1n) is 7.79. The number of hydrogen-bond donors (Lipinski definition) is 3. The zero-order chi connectivity index (χ0) is 16.4. The van der Waals surface area contributed by atoms with Crippen LogP contribution in [0.4, 0.5) is 0 Å². The monoisotopic (exact) mass is 310 g/mol. The molecule has 7 nitrogen and oxygen atoms in total. The van der Waals surface area contributed by atoms with Gasteiger partial charge in [0.15, 0.2) is 0 Å². The van der Waals surface area contributed by atoms with Gasteiger partial charge < -0.3 is 20.7 Å². The van der Waals surface area contributed by atoms with Crippen molar-refractivity contribution in [2.75, 3.05) is 6.54 Å². The lowest BCUT2D eigenvalue weighted by molar-refractivity contribution is -0.141. The second kappa shape index (κ2) is 9.94. The summed E-state index contributed by atoms with van der Waals surface area (Å²) in [7, 11) is 0. The van der Waals surface area contributed by atoms with E-state index < -0.39 is 12.0 Å². The van der Waals surface area contributed by atoms with E-state index in [2.05, 4.69) is 17.2 Å². The van der Waals surface area contributed by atoms with Gasteiger partial charge in [0.1, 0.15) is 6.04 Å². The van der Waals surface area contributed by atoms with Crippen LogP contribution in [0.15, 0.2) is 12.5 Å². The maximum absolute atomic E-state index is 11.5. The SMILES string of the molecule is CCCCCCn1cnc(CC(NC(=O)CCN)C(=O)O)c1. The van der Waals surface area contributed by atoms with Gasteiger partial charge in [-0.3, -0.25) is 4.79 Å². The van der Waals surface area contributed by atoms with Crippen molar-refractivity contribution >= 4 is 11.9 Å². The first kappa shape index (κ1) is 18.2. The minimum Gasteiger partial charge on any atom is -0.480 e. The Bertz CT molecular complexity index is 473. The number of aliphatic carboxylic acids is 1. The molecule has 0 aliphatic carbocycles. The van der Waals surface area contributed by atoms with Crippen LogP contribution in [0.2, 0.25) is 0 Å². The Labute approximate surface area is 130 Å². The molecule has 1 aromatic rings. The number of amides is 1. The Balaban J connectivity index is 2.50. The van der Waals surface area contributed by atoms with Crippen molar-refractivity contribution in [3.8, 4) is 0 Å². The molecule has 0 aromatic carbocycles. The minimum absolute atomic E-state index is 0.121. The number of aryl methyl sites for hydroxylation is 1. The van der Waals surface area contributed by atoms with Gasteiger partial charge in [-0.25, -0.2) is 9.78 Å². The maximum atomic E-state index is 11.5. The molecular weight excluding hydrogens is 284 g/mol. The van der Waals surface area contributed by atoms with Crippen molar-refractivity contribution < 1.29 is 14.7 Å². The van der Waals surface area contributed by atoms with E-state index in [1.807, 2.05) is 10.8 Å². The molecule has 1 heterocycles. The molecule has 1 rings (SSSR count). The normalized spacial score (nSPS) is 12.1. The van der Waals surface area contributed by atoms with Gasteiger partial charge in [0, 0.05) is 32.1 Å². The number of aromatic nitrogens is 2. The smallest absolute Gasteiger partial charge is 0.326 e. The summed E-state index contributed by atoms with van der Waals surface area (Å²) >= 11 is 0. The predicted molar refractivity (Wildman–Crippen MR) is 83.3 cm³/mol. The predicted octanol–water partition coefficient (Wildman–Crippen LogP) is 0.924. The first-order chi connectivity index (χ1) is 10.6. The zero-order valence-electron chi connectivity index (χ0n) is 13.1. The number of carbonyl (C=O) groups is 2. The van der Waals surface area contributed by atoms with Crippen LogP contribution in [-0.2, 0) is 22.6 Å². The van der Waals surface area contributed by atoms with Crippen molar-refractivity contribution in [2.45, 2.75) is 58.0 Å². The number of hydrogen-bond acceptors (Lipinski definition) is 4. The Morgan fingerprint density at radius 3 is 2.82 bits per heavy atom. The molecule has 0 aliphatic heterocycles. The zero-order valence-corrected chi connectivity index (χ0v) is 13.1. The van der Waals surface area contributed by atoms with E-state index >= 15 is 0 Å². The van der Waals surface area contributed by atoms with Crippen molar-refractivity contribution in [3.05, 3.63) is 18.2 Å². The summed E-state index contributed by atoms with van der Waals surface area (Å²) in [4.78, 5) is 26.9. The van der Waals surface area contributed by atoms with E-state index in [4.69, 9.17) is 5.73 Å². The van der Waals surface area contributed by atoms with Crippen LogP contribution in [-0.4, -0.2) is 39.1 Å². The molecule has 1 atom stereocenters. The highest BCUT2D eigenvalue weighted by molar-refractivity contribution is 5.83. The molecule has 124 valence electrons. The van der Waals surface area contributed by atoms with E-state index in [1.165, 1.54) is 19.3 Å².